The predicted molar refractivity (Wildman–Crippen MR) is 102 cm³/mol. The fourth-order valence-corrected chi connectivity index (χ4v) is 3.16. The summed E-state index contributed by atoms with van der Waals surface area (Å²) in [6, 6.07) is 2.20. The lowest BCUT2D eigenvalue weighted by Gasteiger charge is -2.33. The lowest BCUT2D eigenvalue weighted by Crippen LogP contribution is -2.42. The average Bonchev–Trinajstić information content (AvgIpc) is 2.71. The summed E-state index contributed by atoms with van der Waals surface area (Å²) in [5.74, 6) is -1.83. The average molecular weight is 411 g/mol. The van der Waals surface area contributed by atoms with Crippen LogP contribution in [0.15, 0.2) is 43.6 Å². The van der Waals surface area contributed by atoms with E-state index in [4.69, 9.17) is 4.74 Å². The highest BCUT2D eigenvalue weighted by atomic mass is 19.4. The summed E-state index contributed by atoms with van der Waals surface area (Å²) in [5, 5.41) is 0. The number of amides is 1. The molecule has 1 aliphatic heterocycles. The molecule has 6 nitrogen and oxygen atoms in total. The second-order valence-corrected chi connectivity index (χ2v) is 6.64. The SMILES string of the molecule is C=CCN(CC=C)C(=O)COC(=O)C1CCCN(c2ncccc2C(F)(F)F)C1. The van der Waals surface area contributed by atoms with Crippen molar-refractivity contribution in [1.29, 1.82) is 0 Å². The summed E-state index contributed by atoms with van der Waals surface area (Å²) in [6.07, 6.45) is 0.838. The molecule has 1 unspecified atom stereocenters. The van der Waals surface area contributed by atoms with Crippen LogP contribution in [0, 0.1) is 5.92 Å². The number of alkyl halides is 3. The summed E-state index contributed by atoms with van der Waals surface area (Å²) >= 11 is 0. The second kappa shape index (κ2) is 10.1. The fourth-order valence-electron chi connectivity index (χ4n) is 3.16. The third kappa shape index (κ3) is 6.07. The van der Waals surface area contributed by atoms with Crippen LogP contribution in [-0.2, 0) is 20.5 Å². The van der Waals surface area contributed by atoms with Crippen LogP contribution < -0.4 is 4.90 Å². The van der Waals surface area contributed by atoms with Gasteiger partial charge in [0.2, 0.25) is 0 Å². The van der Waals surface area contributed by atoms with E-state index in [9.17, 15) is 22.8 Å². The van der Waals surface area contributed by atoms with Crippen LogP contribution in [0.4, 0.5) is 19.0 Å². The Hall–Kier alpha value is -2.84. The van der Waals surface area contributed by atoms with Crippen molar-refractivity contribution in [2.75, 3.05) is 37.7 Å². The number of esters is 1. The maximum atomic E-state index is 13.3. The molecule has 2 heterocycles. The van der Waals surface area contributed by atoms with Crippen LogP contribution in [0.1, 0.15) is 18.4 Å². The van der Waals surface area contributed by atoms with E-state index in [2.05, 4.69) is 18.1 Å². The number of hydrogen-bond donors (Lipinski definition) is 0. The first-order chi connectivity index (χ1) is 13.8. The van der Waals surface area contributed by atoms with Crippen molar-refractivity contribution >= 4 is 17.7 Å². The van der Waals surface area contributed by atoms with Crippen LogP contribution in [0.25, 0.3) is 0 Å². The van der Waals surface area contributed by atoms with Crippen LogP contribution >= 0.6 is 0 Å². The van der Waals surface area contributed by atoms with Crippen LogP contribution in [0.2, 0.25) is 0 Å². The van der Waals surface area contributed by atoms with Gasteiger partial charge in [-0.2, -0.15) is 13.2 Å². The van der Waals surface area contributed by atoms with Gasteiger partial charge in [-0.3, -0.25) is 9.59 Å². The quantitative estimate of drug-likeness (QED) is 0.486. The molecular formula is C20H24F3N3O3. The van der Waals surface area contributed by atoms with E-state index in [-0.39, 0.29) is 12.4 Å². The first-order valence-corrected chi connectivity index (χ1v) is 9.21. The number of piperidine rings is 1. The van der Waals surface area contributed by atoms with Gasteiger partial charge in [0, 0.05) is 32.4 Å². The molecule has 9 heteroatoms. The smallest absolute Gasteiger partial charge is 0.419 e. The molecule has 0 spiro atoms. The molecular weight excluding hydrogens is 387 g/mol. The van der Waals surface area contributed by atoms with Gasteiger partial charge >= 0.3 is 12.1 Å². The van der Waals surface area contributed by atoms with Gasteiger partial charge in [-0.15, -0.1) is 13.2 Å². The van der Waals surface area contributed by atoms with Gasteiger partial charge in [-0.1, -0.05) is 12.2 Å². The van der Waals surface area contributed by atoms with Gasteiger partial charge in [0.25, 0.3) is 5.91 Å². The van der Waals surface area contributed by atoms with E-state index in [1.165, 1.54) is 22.1 Å². The number of rotatable bonds is 8. The summed E-state index contributed by atoms with van der Waals surface area (Å²) in [5.41, 5.74) is -0.839. The molecule has 1 aromatic heterocycles. The lowest BCUT2D eigenvalue weighted by molar-refractivity contribution is -0.155. The predicted octanol–water partition coefficient (Wildman–Crippen LogP) is 3.06. The number of anilines is 1. The molecule has 0 bridgehead atoms. The molecule has 1 aromatic rings. The van der Waals surface area contributed by atoms with Gasteiger partial charge in [0.05, 0.1) is 11.5 Å². The molecule has 1 saturated heterocycles. The van der Waals surface area contributed by atoms with E-state index >= 15 is 0 Å². The molecule has 0 N–H and O–H groups in total. The molecule has 1 atom stereocenters. The van der Waals surface area contributed by atoms with E-state index in [0.717, 1.165) is 6.07 Å². The standard InChI is InChI=1S/C20H24F3N3O3/c1-3-10-25(11-4-2)17(27)14-29-19(28)15-7-6-12-26(13-15)18-16(20(21,22)23)8-5-9-24-18/h3-5,8-9,15H,1-2,6-7,10-14H2. The summed E-state index contributed by atoms with van der Waals surface area (Å²) in [7, 11) is 0. The van der Waals surface area contributed by atoms with Crippen molar-refractivity contribution in [3.05, 3.63) is 49.2 Å². The molecule has 1 fully saturated rings. The van der Waals surface area contributed by atoms with Crippen LogP contribution in [0.3, 0.4) is 0 Å². The Morgan fingerprint density at radius 3 is 2.62 bits per heavy atom. The molecule has 1 amide bonds. The molecule has 29 heavy (non-hydrogen) atoms. The lowest BCUT2D eigenvalue weighted by atomic mass is 9.98. The maximum absolute atomic E-state index is 13.3. The Morgan fingerprint density at radius 1 is 1.31 bits per heavy atom. The van der Waals surface area contributed by atoms with Crippen molar-refractivity contribution in [3.63, 3.8) is 0 Å². The summed E-state index contributed by atoms with van der Waals surface area (Å²) in [6.45, 7) is 7.69. The summed E-state index contributed by atoms with van der Waals surface area (Å²) < 4.78 is 44.9. The zero-order valence-corrected chi connectivity index (χ0v) is 16.0. The van der Waals surface area contributed by atoms with Crippen molar-refractivity contribution < 1.29 is 27.5 Å². The van der Waals surface area contributed by atoms with Crippen molar-refractivity contribution in [2.45, 2.75) is 19.0 Å². The zero-order chi connectivity index (χ0) is 21.4. The molecule has 0 saturated carbocycles. The monoisotopic (exact) mass is 411 g/mol. The number of halogens is 3. The fraction of sp³-hybridized carbons (Fsp3) is 0.450. The van der Waals surface area contributed by atoms with Crippen LogP contribution in [-0.4, -0.2) is 54.5 Å². The Kier molecular flexibility index (Phi) is 7.81. The number of carbonyl (C=O) groups is 2. The third-order valence-electron chi connectivity index (χ3n) is 4.54. The number of nitrogens with zero attached hydrogens (tertiary/aromatic N) is 3. The van der Waals surface area contributed by atoms with Gasteiger partial charge in [0.15, 0.2) is 6.61 Å². The highest BCUT2D eigenvalue weighted by molar-refractivity contribution is 5.82. The maximum Gasteiger partial charge on any atom is 0.419 e. The Morgan fingerprint density at radius 2 is 2.00 bits per heavy atom. The first-order valence-electron chi connectivity index (χ1n) is 9.21. The molecule has 0 aliphatic carbocycles. The Bertz CT molecular complexity index is 742. The molecule has 0 aromatic carbocycles. The second-order valence-electron chi connectivity index (χ2n) is 6.64. The Balaban J connectivity index is 2.01. The summed E-state index contributed by atoms with van der Waals surface area (Å²) in [4.78, 5) is 31.3. The molecule has 1 aliphatic rings. The van der Waals surface area contributed by atoms with Gasteiger partial charge in [-0.25, -0.2) is 4.98 Å². The number of hydrogen-bond acceptors (Lipinski definition) is 5. The highest BCUT2D eigenvalue weighted by Crippen LogP contribution is 2.36. The number of carbonyl (C=O) groups excluding carboxylic acids is 2. The number of aromatic nitrogens is 1. The third-order valence-corrected chi connectivity index (χ3v) is 4.54. The number of pyridine rings is 1. The van der Waals surface area contributed by atoms with E-state index in [0.29, 0.717) is 32.5 Å². The van der Waals surface area contributed by atoms with Crippen molar-refractivity contribution in [2.24, 2.45) is 5.92 Å². The van der Waals surface area contributed by atoms with E-state index in [1.54, 1.807) is 12.2 Å². The Labute approximate surface area is 167 Å². The molecule has 2 rings (SSSR count). The van der Waals surface area contributed by atoms with E-state index in [1.807, 2.05) is 0 Å². The first kappa shape index (κ1) is 22.4. The van der Waals surface area contributed by atoms with Crippen molar-refractivity contribution in [1.82, 2.24) is 9.88 Å². The van der Waals surface area contributed by atoms with Crippen molar-refractivity contribution in [3.8, 4) is 0 Å². The van der Waals surface area contributed by atoms with Gasteiger partial charge < -0.3 is 14.5 Å². The molecule has 158 valence electrons. The van der Waals surface area contributed by atoms with Crippen LogP contribution in [0.5, 0.6) is 0 Å². The zero-order valence-electron chi connectivity index (χ0n) is 16.0. The van der Waals surface area contributed by atoms with Gasteiger partial charge in [-0.05, 0) is 25.0 Å². The minimum Gasteiger partial charge on any atom is -0.455 e. The number of ether oxygens (including phenoxy) is 1. The normalized spacial score (nSPS) is 16.8. The minimum absolute atomic E-state index is 0.0517. The van der Waals surface area contributed by atoms with E-state index < -0.39 is 36.1 Å². The largest absolute Gasteiger partial charge is 0.455 e. The minimum atomic E-state index is -4.54. The highest BCUT2D eigenvalue weighted by Gasteiger charge is 2.37. The topological polar surface area (TPSA) is 62.7 Å². The molecule has 0 radical (unpaired) electrons. The van der Waals surface area contributed by atoms with Gasteiger partial charge in [0.1, 0.15) is 5.82 Å².